The van der Waals surface area contributed by atoms with E-state index in [2.05, 4.69) is 62.0 Å². The van der Waals surface area contributed by atoms with Crippen LogP contribution < -0.4 is 4.74 Å². The van der Waals surface area contributed by atoms with Gasteiger partial charge in [-0.25, -0.2) is 0 Å². The molecule has 0 aliphatic carbocycles. The minimum atomic E-state index is -0.116. The van der Waals surface area contributed by atoms with Crippen molar-refractivity contribution in [1.82, 2.24) is 0 Å². The van der Waals surface area contributed by atoms with Gasteiger partial charge in [-0.3, -0.25) is 0 Å². The molecule has 0 bridgehead atoms. The summed E-state index contributed by atoms with van der Waals surface area (Å²) < 4.78 is 5.33. The third-order valence-electron chi connectivity index (χ3n) is 6.91. The first kappa shape index (κ1) is 29.4. The minimum absolute atomic E-state index is 0.116. The van der Waals surface area contributed by atoms with E-state index >= 15 is 0 Å². The molecule has 0 unspecified atom stereocenters. The van der Waals surface area contributed by atoms with Gasteiger partial charge in [-0.2, -0.15) is 0 Å². The number of aliphatic hydroxyl groups is 1. The predicted octanol–water partition coefficient (Wildman–Crippen LogP) is 8.35. The summed E-state index contributed by atoms with van der Waals surface area (Å²) in [6.07, 6.45) is 5.83. The fourth-order valence-corrected chi connectivity index (χ4v) is 4.77. The van der Waals surface area contributed by atoms with E-state index in [1.807, 2.05) is 31.1 Å². The third kappa shape index (κ3) is 7.46. The molecule has 0 saturated carbocycles. The molecule has 39 heavy (non-hydrogen) atoms. The zero-order valence-corrected chi connectivity index (χ0v) is 23.0. The van der Waals surface area contributed by atoms with Crippen molar-refractivity contribution in [3.63, 3.8) is 0 Å². The van der Waals surface area contributed by atoms with Crippen molar-refractivity contribution in [3.8, 4) is 44.9 Å². The van der Waals surface area contributed by atoms with Gasteiger partial charge in [0.25, 0.3) is 0 Å². The highest BCUT2D eigenvalue weighted by Crippen LogP contribution is 2.36. The van der Waals surface area contributed by atoms with Gasteiger partial charge in [-0.15, -0.1) is 0 Å². The summed E-state index contributed by atoms with van der Waals surface area (Å²) in [6, 6.07) is 28.4. The third-order valence-corrected chi connectivity index (χ3v) is 6.91. The van der Waals surface area contributed by atoms with Crippen LogP contribution in [0.2, 0.25) is 0 Å². The lowest BCUT2D eigenvalue weighted by Crippen LogP contribution is -1.97. The van der Waals surface area contributed by atoms with E-state index in [1.165, 1.54) is 41.5 Å². The average Bonchev–Trinajstić information content (AvgIpc) is 3.00. The van der Waals surface area contributed by atoms with Crippen molar-refractivity contribution in [2.75, 3.05) is 13.7 Å². The van der Waals surface area contributed by atoms with Gasteiger partial charge in [0.1, 0.15) is 18.3 Å². The Morgan fingerprint density at radius 1 is 0.744 bits per heavy atom. The number of methoxy groups -OCH3 is 1. The molecule has 4 nitrogen and oxygen atoms in total. The molecule has 0 aliphatic heterocycles. The van der Waals surface area contributed by atoms with E-state index in [0.29, 0.717) is 5.57 Å². The standard InChI is InChI=1S/C34H36O3.CH2O/c1-4-5-6-7-8-28-21-27(25-11-17-31(37-3)18-12-25)13-19-32(28)29-14-20-33(34(22-29)24(2)23-35)26-9-15-30(36)16-10-26;1-2/h9-22,35-36H,2,4-8,23H2,1,3H3;1H2. The number of aliphatic hydroxyl groups excluding tert-OH is 1. The van der Waals surface area contributed by atoms with Gasteiger partial charge in [0, 0.05) is 0 Å². The summed E-state index contributed by atoms with van der Waals surface area (Å²) in [7, 11) is 1.69. The van der Waals surface area contributed by atoms with Crippen LogP contribution in [0.25, 0.3) is 39.0 Å². The molecule has 2 N–H and O–H groups in total. The van der Waals surface area contributed by atoms with Crippen LogP contribution in [0.4, 0.5) is 0 Å². The van der Waals surface area contributed by atoms with Crippen LogP contribution in [-0.2, 0) is 11.2 Å². The molecule has 0 fully saturated rings. The molecule has 4 aromatic carbocycles. The van der Waals surface area contributed by atoms with Gasteiger partial charge in [0.2, 0.25) is 0 Å². The topological polar surface area (TPSA) is 66.8 Å². The molecule has 0 atom stereocenters. The lowest BCUT2D eigenvalue weighted by Gasteiger charge is -2.17. The van der Waals surface area contributed by atoms with Gasteiger partial charge >= 0.3 is 0 Å². The number of phenols is 1. The molecule has 4 aromatic rings. The summed E-state index contributed by atoms with van der Waals surface area (Å²) in [5.74, 6) is 1.08. The van der Waals surface area contributed by atoms with E-state index in [1.54, 1.807) is 19.2 Å². The first-order valence-electron chi connectivity index (χ1n) is 13.3. The summed E-state index contributed by atoms with van der Waals surface area (Å²) >= 11 is 0. The summed E-state index contributed by atoms with van der Waals surface area (Å²) in [5.41, 5.74) is 9.55. The molecular weight excluding hydrogens is 484 g/mol. The number of unbranched alkanes of at least 4 members (excludes halogenated alkanes) is 3. The Balaban J connectivity index is 0.00000205. The zero-order valence-electron chi connectivity index (χ0n) is 23.0. The van der Waals surface area contributed by atoms with Gasteiger partial charge < -0.3 is 19.7 Å². The van der Waals surface area contributed by atoms with Crippen molar-refractivity contribution in [2.45, 2.75) is 39.0 Å². The maximum Gasteiger partial charge on any atom is 0.118 e. The number of carbonyl (C=O) groups excluding carboxylic acids is 1. The lowest BCUT2D eigenvalue weighted by atomic mass is 9.88. The van der Waals surface area contributed by atoms with E-state index in [-0.39, 0.29) is 12.4 Å². The van der Waals surface area contributed by atoms with Crippen molar-refractivity contribution < 1.29 is 19.7 Å². The molecule has 4 heteroatoms. The highest BCUT2D eigenvalue weighted by Gasteiger charge is 2.14. The Morgan fingerprint density at radius 2 is 1.36 bits per heavy atom. The maximum atomic E-state index is 9.94. The number of hydrogen-bond donors (Lipinski definition) is 2. The molecule has 4 rings (SSSR count). The molecule has 0 saturated heterocycles. The largest absolute Gasteiger partial charge is 0.508 e. The van der Waals surface area contributed by atoms with Crippen LogP contribution in [0.3, 0.4) is 0 Å². The Hall–Kier alpha value is -4.15. The molecule has 0 aromatic heterocycles. The lowest BCUT2D eigenvalue weighted by molar-refractivity contribution is -0.0980. The smallest absolute Gasteiger partial charge is 0.118 e. The Morgan fingerprint density at radius 3 is 2.00 bits per heavy atom. The fraction of sp³-hybridized carbons (Fsp3) is 0.229. The molecule has 0 amide bonds. The summed E-state index contributed by atoms with van der Waals surface area (Å²) in [4.78, 5) is 8.00. The highest BCUT2D eigenvalue weighted by atomic mass is 16.5. The number of phenolic OH excluding ortho intramolecular Hbond substituents is 1. The maximum absolute atomic E-state index is 9.94. The normalized spacial score (nSPS) is 10.4. The van der Waals surface area contributed by atoms with E-state index < -0.39 is 0 Å². The monoisotopic (exact) mass is 522 g/mol. The second-order valence-corrected chi connectivity index (χ2v) is 9.48. The number of benzene rings is 4. The van der Waals surface area contributed by atoms with Gasteiger partial charge in [-0.1, -0.05) is 87.4 Å². The fourth-order valence-electron chi connectivity index (χ4n) is 4.77. The number of hydrogen-bond acceptors (Lipinski definition) is 4. The average molecular weight is 523 g/mol. The van der Waals surface area contributed by atoms with Crippen LogP contribution in [0.5, 0.6) is 11.5 Å². The predicted molar refractivity (Wildman–Crippen MR) is 162 cm³/mol. The Kier molecular flexibility index (Phi) is 11.1. The van der Waals surface area contributed by atoms with E-state index in [4.69, 9.17) is 9.53 Å². The second-order valence-electron chi connectivity index (χ2n) is 9.48. The molecular formula is C35H38O4. The first-order chi connectivity index (χ1) is 19.0. The van der Waals surface area contributed by atoms with E-state index in [0.717, 1.165) is 40.8 Å². The summed E-state index contributed by atoms with van der Waals surface area (Å²) in [5, 5.41) is 19.7. The zero-order chi connectivity index (χ0) is 28.2. The summed E-state index contributed by atoms with van der Waals surface area (Å²) in [6.45, 7) is 8.25. The minimum Gasteiger partial charge on any atom is -0.508 e. The number of carbonyl (C=O) groups is 1. The Labute approximate surface area is 232 Å². The van der Waals surface area contributed by atoms with Crippen LogP contribution in [0, 0.1) is 0 Å². The second kappa shape index (κ2) is 14.7. The van der Waals surface area contributed by atoms with E-state index in [9.17, 15) is 10.2 Å². The number of rotatable bonds is 11. The van der Waals surface area contributed by atoms with Gasteiger partial charge in [-0.05, 0) is 93.3 Å². The van der Waals surface area contributed by atoms with Crippen molar-refractivity contribution in [3.05, 3.63) is 103 Å². The van der Waals surface area contributed by atoms with Crippen molar-refractivity contribution in [1.29, 1.82) is 0 Å². The molecule has 0 aliphatic rings. The Bertz CT molecular complexity index is 1350. The molecule has 0 radical (unpaired) electrons. The molecule has 0 heterocycles. The SMILES string of the molecule is C=C(CO)c1cc(-c2ccc(-c3ccc(OC)cc3)cc2CCCCCC)ccc1-c1ccc(O)cc1.C=O. The van der Waals surface area contributed by atoms with Crippen LogP contribution >= 0.6 is 0 Å². The van der Waals surface area contributed by atoms with Crippen molar-refractivity contribution >= 4 is 12.4 Å². The van der Waals surface area contributed by atoms with Gasteiger partial charge in [0.15, 0.2) is 0 Å². The van der Waals surface area contributed by atoms with Crippen molar-refractivity contribution in [2.24, 2.45) is 0 Å². The highest BCUT2D eigenvalue weighted by molar-refractivity contribution is 5.85. The van der Waals surface area contributed by atoms with Crippen LogP contribution in [0.1, 0.15) is 43.7 Å². The quantitative estimate of drug-likeness (QED) is 0.194. The van der Waals surface area contributed by atoms with Gasteiger partial charge in [0.05, 0.1) is 13.7 Å². The molecule has 202 valence electrons. The number of aryl methyl sites for hydroxylation is 1. The molecule has 0 spiro atoms. The van der Waals surface area contributed by atoms with Crippen LogP contribution in [0.15, 0.2) is 91.5 Å². The first-order valence-corrected chi connectivity index (χ1v) is 13.3. The number of aromatic hydroxyl groups is 1. The van der Waals surface area contributed by atoms with Crippen LogP contribution in [-0.4, -0.2) is 30.7 Å². The number of ether oxygens (including phenoxy) is 1.